The Kier molecular flexibility index (Phi) is 5.63. The molecule has 1 fully saturated rings. The highest BCUT2D eigenvalue weighted by molar-refractivity contribution is 6.32. The summed E-state index contributed by atoms with van der Waals surface area (Å²) in [6.07, 6.45) is 0.996. The van der Waals surface area contributed by atoms with E-state index in [0.717, 1.165) is 32.6 Å². The molecule has 21 heavy (non-hydrogen) atoms. The molecule has 112 valence electrons. The Labute approximate surface area is 130 Å². The topological polar surface area (TPSA) is 49.6 Å². The summed E-state index contributed by atoms with van der Waals surface area (Å²) in [6.45, 7) is 3.76. The van der Waals surface area contributed by atoms with Gasteiger partial charge in [-0.3, -0.25) is 4.79 Å². The Bertz CT molecular complexity index is 577. The Balaban J connectivity index is 2.14. The zero-order valence-corrected chi connectivity index (χ0v) is 13.0. The Morgan fingerprint density at radius 2 is 2.14 bits per heavy atom. The molecule has 1 amide bonds. The molecule has 0 radical (unpaired) electrons. The van der Waals surface area contributed by atoms with Crippen LogP contribution in [0.3, 0.4) is 0 Å². The van der Waals surface area contributed by atoms with Gasteiger partial charge in [0.15, 0.2) is 0 Å². The molecule has 0 bridgehead atoms. The van der Waals surface area contributed by atoms with Gasteiger partial charge in [-0.25, -0.2) is 0 Å². The van der Waals surface area contributed by atoms with E-state index in [4.69, 9.17) is 17.3 Å². The Morgan fingerprint density at radius 1 is 1.33 bits per heavy atom. The third-order valence-electron chi connectivity index (χ3n) is 3.55. The number of amides is 1. The van der Waals surface area contributed by atoms with Gasteiger partial charge in [0, 0.05) is 30.8 Å². The van der Waals surface area contributed by atoms with Crippen LogP contribution in [0.5, 0.6) is 0 Å². The predicted octanol–water partition coefficient (Wildman–Crippen LogP) is 1.43. The fraction of sp³-hybridized carbons (Fsp3) is 0.438. The number of nitrogens with zero attached hydrogens (tertiary/aromatic N) is 2. The molecule has 1 aliphatic heterocycles. The van der Waals surface area contributed by atoms with Gasteiger partial charge in [0.05, 0.1) is 11.6 Å². The van der Waals surface area contributed by atoms with E-state index in [9.17, 15) is 4.79 Å². The molecule has 0 atom stereocenters. The molecule has 1 saturated heterocycles. The number of hydrogen-bond donors (Lipinski definition) is 1. The zero-order chi connectivity index (χ0) is 15.2. The predicted molar refractivity (Wildman–Crippen MR) is 85.4 cm³/mol. The standard InChI is InChI=1S/C16H20ClN3O/c1-19-8-3-9-20(11-10-19)16(21)14-6-5-13(4-2-7-18)15(17)12-14/h5-6,12H,3,7-11,18H2,1H3. The number of carbonyl (C=O) groups excluding carboxylic acids is 1. The van der Waals surface area contributed by atoms with E-state index in [1.165, 1.54) is 0 Å². The maximum atomic E-state index is 12.5. The van der Waals surface area contributed by atoms with Crippen molar-refractivity contribution in [2.75, 3.05) is 39.8 Å². The summed E-state index contributed by atoms with van der Waals surface area (Å²) < 4.78 is 0. The SMILES string of the molecule is CN1CCCN(C(=O)c2ccc(C#CCN)c(Cl)c2)CC1. The minimum Gasteiger partial charge on any atom is -0.337 e. The van der Waals surface area contributed by atoms with Crippen LogP contribution >= 0.6 is 11.6 Å². The molecular formula is C16H20ClN3O. The third-order valence-corrected chi connectivity index (χ3v) is 3.86. The molecule has 5 heteroatoms. The first-order chi connectivity index (χ1) is 10.1. The van der Waals surface area contributed by atoms with E-state index in [2.05, 4.69) is 23.8 Å². The Morgan fingerprint density at radius 3 is 2.86 bits per heavy atom. The molecule has 2 rings (SSSR count). The van der Waals surface area contributed by atoms with Crippen molar-refractivity contribution in [1.82, 2.24) is 9.80 Å². The number of halogens is 1. The van der Waals surface area contributed by atoms with Crippen LogP contribution in [0.4, 0.5) is 0 Å². The summed E-state index contributed by atoms with van der Waals surface area (Å²) in [5, 5.41) is 0.494. The van der Waals surface area contributed by atoms with E-state index in [1.807, 2.05) is 4.90 Å². The monoisotopic (exact) mass is 305 g/mol. The molecule has 2 N–H and O–H groups in total. The maximum absolute atomic E-state index is 12.5. The first-order valence-corrected chi connectivity index (χ1v) is 7.46. The molecule has 1 aromatic carbocycles. The average Bonchev–Trinajstić information content (AvgIpc) is 2.70. The van der Waals surface area contributed by atoms with Gasteiger partial charge in [-0.2, -0.15) is 0 Å². The second-order valence-corrected chi connectivity index (χ2v) is 5.56. The van der Waals surface area contributed by atoms with Crippen molar-refractivity contribution in [2.24, 2.45) is 5.73 Å². The molecular weight excluding hydrogens is 286 g/mol. The van der Waals surface area contributed by atoms with Crippen LogP contribution in [0, 0.1) is 11.8 Å². The van der Waals surface area contributed by atoms with Crippen molar-refractivity contribution in [2.45, 2.75) is 6.42 Å². The summed E-state index contributed by atoms with van der Waals surface area (Å²) in [6, 6.07) is 5.25. The Hall–Kier alpha value is -1.54. The number of likely N-dealkylation sites (N-methyl/N-ethyl adjacent to an activating group) is 1. The maximum Gasteiger partial charge on any atom is 0.253 e. The summed E-state index contributed by atoms with van der Waals surface area (Å²) in [5.74, 6) is 5.69. The van der Waals surface area contributed by atoms with E-state index >= 15 is 0 Å². The molecule has 0 aromatic heterocycles. The van der Waals surface area contributed by atoms with Crippen LogP contribution in [0.25, 0.3) is 0 Å². The summed E-state index contributed by atoms with van der Waals surface area (Å²) in [5.41, 5.74) is 6.66. The lowest BCUT2D eigenvalue weighted by Crippen LogP contribution is -2.34. The second kappa shape index (κ2) is 7.46. The van der Waals surface area contributed by atoms with E-state index < -0.39 is 0 Å². The number of rotatable bonds is 1. The molecule has 0 saturated carbocycles. The van der Waals surface area contributed by atoms with Crippen molar-refractivity contribution in [1.29, 1.82) is 0 Å². The van der Waals surface area contributed by atoms with Crippen LogP contribution in [-0.4, -0.2) is 55.5 Å². The van der Waals surface area contributed by atoms with Crippen molar-refractivity contribution < 1.29 is 4.79 Å². The van der Waals surface area contributed by atoms with Crippen LogP contribution in [0.2, 0.25) is 5.02 Å². The highest BCUT2D eigenvalue weighted by atomic mass is 35.5. The van der Waals surface area contributed by atoms with E-state index in [0.29, 0.717) is 16.1 Å². The quantitative estimate of drug-likeness (QED) is 0.799. The van der Waals surface area contributed by atoms with Crippen LogP contribution in [-0.2, 0) is 0 Å². The highest BCUT2D eigenvalue weighted by Crippen LogP contribution is 2.18. The van der Waals surface area contributed by atoms with Gasteiger partial charge in [0.2, 0.25) is 0 Å². The number of carbonyl (C=O) groups is 1. The normalized spacial score (nSPS) is 16.0. The van der Waals surface area contributed by atoms with Gasteiger partial charge < -0.3 is 15.5 Å². The molecule has 4 nitrogen and oxygen atoms in total. The van der Waals surface area contributed by atoms with Crippen molar-refractivity contribution in [3.63, 3.8) is 0 Å². The lowest BCUT2D eigenvalue weighted by molar-refractivity contribution is 0.0763. The summed E-state index contributed by atoms with van der Waals surface area (Å²) in [4.78, 5) is 16.7. The van der Waals surface area contributed by atoms with Crippen LogP contribution < -0.4 is 5.73 Å². The van der Waals surface area contributed by atoms with E-state index in [1.54, 1.807) is 18.2 Å². The fourth-order valence-electron chi connectivity index (χ4n) is 2.33. The van der Waals surface area contributed by atoms with Gasteiger partial charge in [-0.15, -0.1) is 0 Å². The van der Waals surface area contributed by atoms with Crippen molar-refractivity contribution in [3.05, 3.63) is 34.3 Å². The van der Waals surface area contributed by atoms with Gasteiger partial charge in [-0.05, 0) is 38.2 Å². The number of benzene rings is 1. The fourth-order valence-corrected chi connectivity index (χ4v) is 2.56. The minimum atomic E-state index is 0.0329. The molecule has 1 heterocycles. The number of nitrogens with two attached hydrogens (primary N) is 1. The smallest absolute Gasteiger partial charge is 0.253 e. The van der Waals surface area contributed by atoms with Gasteiger partial charge in [-0.1, -0.05) is 23.4 Å². The molecule has 0 aliphatic carbocycles. The van der Waals surface area contributed by atoms with Gasteiger partial charge >= 0.3 is 0 Å². The third kappa shape index (κ3) is 4.21. The number of hydrogen-bond acceptors (Lipinski definition) is 3. The molecule has 0 unspecified atom stereocenters. The van der Waals surface area contributed by atoms with Crippen molar-refractivity contribution >= 4 is 17.5 Å². The largest absolute Gasteiger partial charge is 0.337 e. The second-order valence-electron chi connectivity index (χ2n) is 5.15. The first kappa shape index (κ1) is 15.8. The van der Waals surface area contributed by atoms with Crippen molar-refractivity contribution in [3.8, 4) is 11.8 Å². The summed E-state index contributed by atoms with van der Waals surface area (Å²) in [7, 11) is 2.08. The van der Waals surface area contributed by atoms with Crippen LogP contribution in [0.1, 0.15) is 22.3 Å². The lowest BCUT2D eigenvalue weighted by Gasteiger charge is -2.20. The first-order valence-electron chi connectivity index (χ1n) is 7.08. The van der Waals surface area contributed by atoms with E-state index in [-0.39, 0.29) is 12.5 Å². The van der Waals surface area contributed by atoms with Crippen LogP contribution in [0.15, 0.2) is 18.2 Å². The average molecular weight is 306 g/mol. The lowest BCUT2D eigenvalue weighted by atomic mass is 10.1. The van der Waals surface area contributed by atoms with Gasteiger partial charge in [0.1, 0.15) is 0 Å². The zero-order valence-electron chi connectivity index (χ0n) is 12.2. The van der Waals surface area contributed by atoms with Gasteiger partial charge in [0.25, 0.3) is 5.91 Å². The molecule has 1 aliphatic rings. The molecule has 0 spiro atoms. The molecule has 1 aromatic rings. The highest BCUT2D eigenvalue weighted by Gasteiger charge is 2.19. The summed E-state index contributed by atoms with van der Waals surface area (Å²) >= 11 is 6.18. The minimum absolute atomic E-state index is 0.0329.